The van der Waals surface area contributed by atoms with Gasteiger partial charge in [0, 0.05) is 36.1 Å². The number of nitrogens with one attached hydrogen (secondary N) is 3. The van der Waals surface area contributed by atoms with E-state index >= 15 is 0 Å². The summed E-state index contributed by atoms with van der Waals surface area (Å²) in [4.78, 5) is 21.6. The van der Waals surface area contributed by atoms with Crippen molar-refractivity contribution in [3.05, 3.63) is 56.2 Å². The van der Waals surface area contributed by atoms with Crippen LogP contribution in [0.25, 0.3) is 11.1 Å². The first kappa shape index (κ1) is 14.1. The fourth-order valence-electron chi connectivity index (χ4n) is 3.45. The van der Waals surface area contributed by atoms with Gasteiger partial charge in [-0.1, -0.05) is 0 Å². The van der Waals surface area contributed by atoms with Gasteiger partial charge >= 0.3 is 0 Å². The predicted molar refractivity (Wildman–Crippen MR) is 92.2 cm³/mol. The zero-order valence-electron chi connectivity index (χ0n) is 13.1. The van der Waals surface area contributed by atoms with E-state index in [-0.39, 0.29) is 11.0 Å². The molecule has 0 amide bonds. The fraction of sp³-hybridized carbons (Fsp3) is 0.353. The monoisotopic (exact) mass is 339 g/mol. The number of hydrogen-bond acceptors (Lipinski definition) is 5. The van der Waals surface area contributed by atoms with E-state index in [4.69, 9.17) is 4.98 Å². The van der Waals surface area contributed by atoms with Crippen LogP contribution in [0.3, 0.4) is 0 Å². The van der Waals surface area contributed by atoms with Crippen molar-refractivity contribution < 1.29 is 0 Å². The van der Waals surface area contributed by atoms with E-state index in [1.807, 2.05) is 12.4 Å². The molecular weight excluding hydrogens is 322 g/mol. The SMILES string of the molecule is O=c1[nH]c(C2(c3cc(-c4cn[nH]c4)cs3)CC2)nc2c1CNCC2. The van der Waals surface area contributed by atoms with Crippen molar-refractivity contribution in [3.8, 4) is 11.1 Å². The van der Waals surface area contributed by atoms with Crippen LogP contribution in [-0.4, -0.2) is 26.7 Å². The number of nitrogens with zero attached hydrogens (tertiary/aromatic N) is 2. The van der Waals surface area contributed by atoms with Gasteiger partial charge in [-0.25, -0.2) is 4.98 Å². The lowest BCUT2D eigenvalue weighted by Crippen LogP contribution is -2.33. The highest BCUT2D eigenvalue weighted by Crippen LogP contribution is 2.54. The Morgan fingerprint density at radius 2 is 2.17 bits per heavy atom. The van der Waals surface area contributed by atoms with Crippen LogP contribution < -0.4 is 10.9 Å². The zero-order valence-corrected chi connectivity index (χ0v) is 13.9. The number of thiophene rings is 1. The molecule has 7 heteroatoms. The first-order chi connectivity index (χ1) is 11.8. The Bertz CT molecular complexity index is 952. The minimum Gasteiger partial charge on any atom is -0.312 e. The summed E-state index contributed by atoms with van der Waals surface area (Å²) in [6.45, 7) is 1.51. The van der Waals surface area contributed by atoms with Crippen molar-refractivity contribution in [3.63, 3.8) is 0 Å². The maximum atomic E-state index is 12.4. The molecule has 1 aliphatic carbocycles. The molecule has 1 fully saturated rings. The average Bonchev–Trinajstić information content (AvgIpc) is 3.01. The molecule has 0 radical (unpaired) electrons. The molecule has 4 heterocycles. The van der Waals surface area contributed by atoms with Gasteiger partial charge in [-0.15, -0.1) is 11.3 Å². The molecule has 0 unspecified atom stereocenters. The number of rotatable bonds is 3. The second-order valence-corrected chi connectivity index (χ2v) is 7.45. The van der Waals surface area contributed by atoms with Crippen molar-refractivity contribution in [2.75, 3.05) is 6.54 Å². The Balaban J connectivity index is 1.57. The summed E-state index contributed by atoms with van der Waals surface area (Å²) in [5, 5.41) is 12.3. The normalized spacial score (nSPS) is 18.3. The minimum absolute atomic E-state index is 0.0140. The molecular formula is C17H17N5OS. The van der Waals surface area contributed by atoms with Gasteiger partial charge in [-0.05, 0) is 29.9 Å². The Hall–Kier alpha value is -2.25. The minimum atomic E-state index is -0.105. The molecule has 0 bridgehead atoms. The summed E-state index contributed by atoms with van der Waals surface area (Å²) < 4.78 is 0. The van der Waals surface area contributed by atoms with Crippen molar-refractivity contribution >= 4 is 11.3 Å². The van der Waals surface area contributed by atoms with Crippen LogP contribution in [0.1, 0.15) is 34.8 Å². The Labute approximate surface area is 142 Å². The van der Waals surface area contributed by atoms with E-state index in [1.165, 1.54) is 10.4 Å². The lowest BCUT2D eigenvalue weighted by atomic mass is 10.0. The Morgan fingerprint density at radius 1 is 1.25 bits per heavy atom. The predicted octanol–water partition coefficient (Wildman–Crippen LogP) is 1.95. The van der Waals surface area contributed by atoms with Gasteiger partial charge in [0.05, 0.1) is 22.9 Å². The van der Waals surface area contributed by atoms with E-state index in [1.54, 1.807) is 11.3 Å². The number of aromatic amines is 2. The number of hydrogen-bond donors (Lipinski definition) is 3. The highest BCUT2D eigenvalue weighted by atomic mass is 32.1. The van der Waals surface area contributed by atoms with Gasteiger partial charge in [0.15, 0.2) is 0 Å². The van der Waals surface area contributed by atoms with Crippen molar-refractivity contribution in [1.82, 2.24) is 25.5 Å². The molecule has 2 aliphatic rings. The molecule has 3 N–H and O–H groups in total. The molecule has 0 atom stereocenters. The van der Waals surface area contributed by atoms with E-state index in [9.17, 15) is 4.79 Å². The van der Waals surface area contributed by atoms with Crippen LogP contribution in [0, 0.1) is 0 Å². The summed E-state index contributed by atoms with van der Waals surface area (Å²) in [6, 6.07) is 2.21. The quantitative estimate of drug-likeness (QED) is 0.681. The fourth-order valence-corrected chi connectivity index (χ4v) is 4.63. The molecule has 0 spiro atoms. The summed E-state index contributed by atoms with van der Waals surface area (Å²) in [6.07, 6.45) is 6.64. The van der Waals surface area contributed by atoms with Crippen LogP contribution in [0.5, 0.6) is 0 Å². The highest BCUT2D eigenvalue weighted by molar-refractivity contribution is 7.10. The van der Waals surface area contributed by atoms with Gasteiger partial charge in [-0.3, -0.25) is 9.89 Å². The third-order valence-corrected chi connectivity index (χ3v) is 6.18. The van der Waals surface area contributed by atoms with E-state index < -0.39 is 0 Å². The number of fused-ring (bicyclic) bond motifs is 1. The summed E-state index contributed by atoms with van der Waals surface area (Å²) in [7, 11) is 0. The largest absolute Gasteiger partial charge is 0.312 e. The second-order valence-electron chi connectivity index (χ2n) is 6.54. The number of H-pyrrole nitrogens is 2. The van der Waals surface area contributed by atoms with Gasteiger partial charge in [-0.2, -0.15) is 5.10 Å². The maximum absolute atomic E-state index is 12.4. The molecule has 5 rings (SSSR count). The van der Waals surface area contributed by atoms with E-state index in [2.05, 4.69) is 31.9 Å². The molecule has 24 heavy (non-hydrogen) atoms. The topological polar surface area (TPSA) is 86.5 Å². The molecule has 1 saturated carbocycles. The van der Waals surface area contributed by atoms with Crippen LogP contribution in [0.15, 0.2) is 28.6 Å². The van der Waals surface area contributed by atoms with Gasteiger partial charge in [0.2, 0.25) is 0 Å². The molecule has 6 nitrogen and oxygen atoms in total. The van der Waals surface area contributed by atoms with Crippen LogP contribution in [0.4, 0.5) is 0 Å². The summed E-state index contributed by atoms with van der Waals surface area (Å²) >= 11 is 1.74. The standard InChI is InChI=1S/C17H17N5OS/c23-15-12-8-18-4-1-13(12)21-16(22-15)17(2-3-17)14-5-10(9-24-14)11-6-19-20-7-11/h5-7,9,18H,1-4,8H2,(H,19,20)(H,21,22,23). The molecule has 3 aromatic heterocycles. The lowest BCUT2D eigenvalue weighted by molar-refractivity contribution is 0.605. The molecule has 3 aromatic rings. The van der Waals surface area contributed by atoms with Crippen LogP contribution >= 0.6 is 11.3 Å². The Kier molecular flexibility index (Phi) is 3.01. The van der Waals surface area contributed by atoms with Crippen LogP contribution in [0.2, 0.25) is 0 Å². The Morgan fingerprint density at radius 3 is 2.96 bits per heavy atom. The molecule has 0 aromatic carbocycles. The second kappa shape index (κ2) is 5.12. The van der Waals surface area contributed by atoms with Gasteiger partial charge in [0.1, 0.15) is 5.82 Å². The zero-order chi connectivity index (χ0) is 16.1. The van der Waals surface area contributed by atoms with Crippen molar-refractivity contribution in [2.24, 2.45) is 0 Å². The first-order valence-electron chi connectivity index (χ1n) is 8.18. The van der Waals surface area contributed by atoms with Crippen molar-refractivity contribution in [1.29, 1.82) is 0 Å². The third kappa shape index (κ3) is 2.08. The molecule has 0 saturated heterocycles. The third-order valence-electron chi connectivity index (χ3n) is 5.05. The average molecular weight is 339 g/mol. The van der Waals surface area contributed by atoms with Gasteiger partial charge < -0.3 is 10.3 Å². The highest BCUT2D eigenvalue weighted by Gasteiger charge is 2.49. The molecule has 1 aliphatic heterocycles. The van der Waals surface area contributed by atoms with E-state index in [0.717, 1.165) is 48.5 Å². The smallest absolute Gasteiger partial charge is 0.255 e. The maximum Gasteiger partial charge on any atom is 0.255 e. The first-order valence-corrected chi connectivity index (χ1v) is 9.06. The summed E-state index contributed by atoms with van der Waals surface area (Å²) in [5.74, 6) is 0.841. The van der Waals surface area contributed by atoms with E-state index in [0.29, 0.717) is 6.54 Å². The summed E-state index contributed by atoms with van der Waals surface area (Å²) in [5.41, 5.74) is 3.92. The van der Waals surface area contributed by atoms with Crippen LogP contribution in [-0.2, 0) is 18.4 Å². The van der Waals surface area contributed by atoms with Gasteiger partial charge in [0.25, 0.3) is 5.56 Å². The molecule has 122 valence electrons. The van der Waals surface area contributed by atoms with Crippen molar-refractivity contribution in [2.45, 2.75) is 31.2 Å². The lowest BCUT2D eigenvalue weighted by Gasteiger charge is -2.19. The number of aromatic nitrogens is 4.